The SMILES string of the molecule is CC1CCCNCC1.CC1CCNC1.CC1CCNCC1.CC1CNCCN1.CC1CNCCO1.CN1CCCC1.CN1CCCCC1.CN1CCCCCC1.CN1CCCNCC1.CN1CCNCC1.CN1CCOCC1.CN1CCSCC1. The molecular weight excluding hydrogens is 1080 g/mol. The van der Waals surface area contributed by atoms with Crippen molar-refractivity contribution in [3.8, 4) is 0 Å². The lowest BCUT2D eigenvalue weighted by atomic mass is 10.0. The highest BCUT2D eigenvalue weighted by molar-refractivity contribution is 7.99. The van der Waals surface area contributed by atoms with Crippen molar-refractivity contribution in [1.82, 2.24) is 76.8 Å². The van der Waals surface area contributed by atoms with Crippen molar-refractivity contribution >= 4 is 11.8 Å². The molecular formula is C67H149N15O2S. The number of hydrogen-bond donors (Lipinski definition) is 8. The predicted molar refractivity (Wildman–Crippen MR) is 375 cm³/mol. The minimum atomic E-state index is 0.425. The molecule has 0 spiro atoms. The highest BCUT2D eigenvalue weighted by Crippen LogP contribution is 2.12. The highest BCUT2D eigenvalue weighted by atomic mass is 32.2. The topological polar surface area (TPSA) is 137 Å². The van der Waals surface area contributed by atoms with E-state index in [1.54, 1.807) is 0 Å². The fraction of sp³-hybridized carbons (Fsp3) is 1.00. The fourth-order valence-corrected chi connectivity index (χ4v) is 11.8. The van der Waals surface area contributed by atoms with Crippen molar-refractivity contribution < 1.29 is 9.47 Å². The molecule has 12 saturated heterocycles. The van der Waals surface area contributed by atoms with Gasteiger partial charge in [-0.15, -0.1) is 0 Å². The molecule has 85 heavy (non-hydrogen) atoms. The number of thioether (sulfide) groups is 1. The first-order chi connectivity index (χ1) is 41.2. The number of piperazine rings is 2. The third-order valence-corrected chi connectivity index (χ3v) is 18.2. The zero-order chi connectivity index (χ0) is 62.1. The average molecular weight is 1230 g/mol. The lowest BCUT2D eigenvalue weighted by molar-refractivity contribution is 0.0410. The van der Waals surface area contributed by atoms with Crippen LogP contribution in [0.2, 0.25) is 0 Å². The molecule has 8 N–H and O–H groups in total. The van der Waals surface area contributed by atoms with E-state index in [0.29, 0.717) is 12.1 Å². The summed E-state index contributed by atoms with van der Waals surface area (Å²) in [4.78, 5) is 16.5. The summed E-state index contributed by atoms with van der Waals surface area (Å²) in [6.45, 7) is 49.0. The highest BCUT2D eigenvalue weighted by Gasteiger charge is 2.10. The first-order valence-electron chi connectivity index (χ1n) is 35.5. The van der Waals surface area contributed by atoms with Crippen molar-refractivity contribution in [1.29, 1.82) is 0 Å². The van der Waals surface area contributed by atoms with Crippen molar-refractivity contribution in [3.63, 3.8) is 0 Å². The standard InChI is InChI=1S/2C7H15N.C6H14N2.2C6H13N.2C5H12N2.2C5H11NO.C5H11NS.2C5H11N/c1-7-3-2-5-8-6-4-7;1-8-6-4-2-3-5-7-8;1-8-5-2-3-7-4-6-8;1-6-2-4-7-5-3-6;1-7-5-3-2-4-6-7;1-7-4-2-6-3-5-7;1-5-4-6-2-3-7-5;1-6-2-4-7-5-3-6;1-5-4-6-2-3-7-5;1-6-2-4-7-5-3-6;1-5-2-3-6-4-5;1-6-4-2-3-5-6/h7-8H,2-6H2,1H3;2-7H2,1H3;7H,2-6H2,1H3;6-7H,2-5H2,1H3;2-6H2,1H3;6H,2-5H2,1H3;5-7H,2-4H2,1H3;2-5H2,1H3;5-6H,2-4H2,1H3;2-5H2,1H3;5-6H,2-4H2,1H3;2-5H2,1H3. The molecule has 4 unspecified atom stereocenters. The van der Waals surface area contributed by atoms with Gasteiger partial charge in [0.15, 0.2) is 0 Å². The number of hydrogen-bond acceptors (Lipinski definition) is 18. The maximum Gasteiger partial charge on any atom is 0.0672 e. The summed E-state index contributed by atoms with van der Waals surface area (Å²) in [5, 5.41) is 26.4. The van der Waals surface area contributed by atoms with E-state index in [0.717, 1.165) is 103 Å². The summed E-state index contributed by atoms with van der Waals surface area (Å²) in [6.07, 6.45) is 22.9. The molecule has 0 aromatic carbocycles. The first kappa shape index (κ1) is 82.7. The van der Waals surface area contributed by atoms with Crippen molar-refractivity contribution in [2.45, 2.75) is 149 Å². The second-order valence-corrected chi connectivity index (χ2v) is 27.9. The Morgan fingerprint density at radius 1 is 0.294 bits per heavy atom. The van der Waals surface area contributed by atoms with Crippen LogP contribution in [-0.4, -0.2) is 317 Å². The van der Waals surface area contributed by atoms with Gasteiger partial charge in [0.2, 0.25) is 0 Å². The third kappa shape index (κ3) is 59.7. The molecule has 0 bridgehead atoms. The molecule has 0 aliphatic carbocycles. The van der Waals surface area contributed by atoms with E-state index in [4.69, 9.17) is 9.47 Å². The summed E-state index contributed by atoms with van der Waals surface area (Å²) in [6, 6.07) is 0.675. The van der Waals surface area contributed by atoms with E-state index in [-0.39, 0.29) is 0 Å². The Bertz CT molecular complexity index is 1070. The molecule has 12 aliphatic rings. The minimum absolute atomic E-state index is 0.425. The Morgan fingerprint density at radius 3 is 1.04 bits per heavy atom. The fourth-order valence-electron chi connectivity index (χ4n) is 10.7. The van der Waals surface area contributed by atoms with Gasteiger partial charge in [0.25, 0.3) is 0 Å². The number of morpholine rings is 2. The maximum atomic E-state index is 5.22. The van der Waals surface area contributed by atoms with Gasteiger partial charge in [-0.3, -0.25) is 0 Å². The molecule has 17 nitrogen and oxygen atoms in total. The number of nitrogens with one attached hydrogen (secondary N) is 8. The number of likely N-dealkylation sites (tertiary alicyclic amines) is 3. The molecule has 0 saturated carbocycles. The first-order valence-corrected chi connectivity index (χ1v) is 36.6. The molecule has 12 rings (SSSR count). The van der Waals surface area contributed by atoms with Crippen LogP contribution in [0.25, 0.3) is 0 Å². The van der Waals surface area contributed by atoms with Crippen LogP contribution in [0.15, 0.2) is 0 Å². The monoisotopic (exact) mass is 1230 g/mol. The summed E-state index contributed by atoms with van der Waals surface area (Å²) in [7, 11) is 15.2. The Kier molecular flexibility index (Phi) is 59.5. The lowest BCUT2D eigenvalue weighted by Gasteiger charge is -2.21. The number of ether oxygens (including phenoxy) is 2. The third-order valence-electron chi connectivity index (χ3n) is 17.3. The van der Waals surface area contributed by atoms with Gasteiger partial charge < -0.3 is 86.3 Å². The largest absolute Gasteiger partial charge is 0.379 e. The Morgan fingerprint density at radius 2 is 0.682 bits per heavy atom. The van der Waals surface area contributed by atoms with Gasteiger partial charge in [0.1, 0.15) is 0 Å². The molecule has 510 valence electrons. The smallest absolute Gasteiger partial charge is 0.0672 e. The van der Waals surface area contributed by atoms with E-state index in [9.17, 15) is 0 Å². The molecule has 0 radical (unpaired) electrons. The molecule has 12 aliphatic heterocycles. The van der Waals surface area contributed by atoms with Gasteiger partial charge >= 0.3 is 0 Å². The van der Waals surface area contributed by atoms with Crippen molar-refractivity contribution in [2.75, 3.05) is 270 Å². The van der Waals surface area contributed by atoms with Crippen LogP contribution in [0.4, 0.5) is 0 Å². The van der Waals surface area contributed by atoms with Gasteiger partial charge in [-0.2, -0.15) is 11.8 Å². The molecule has 12 fully saturated rings. The Hall–Kier alpha value is -0.330. The second kappa shape index (κ2) is 61.2. The lowest BCUT2D eigenvalue weighted by Crippen LogP contribution is -2.46. The molecule has 0 aromatic heterocycles. The zero-order valence-corrected chi connectivity index (χ0v) is 59.4. The summed E-state index contributed by atoms with van der Waals surface area (Å²) in [5.41, 5.74) is 0. The molecule has 0 aromatic rings. The van der Waals surface area contributed by atoms with Gasteiger partial charge in [-0.05, 0) is 256 Å². The van der Waals surface area contributed by atoms with E-state index < -0.39 is 0 Å². The predicted octanol–water partition coefficient (Wildman–Crippen LogP) is 5.93. The van der Waals surface area contributed by atoms with Crippen LogP contribution in [0.5, 0.6) is 0 Å². The summed E-state index contributed by atoms with van der Waals surface area (Å²) in [5.74, 6) is 5.53. The van der Waals surface area contributed by atoms with Crippen LogP contribution < -0.4 is 42.5 Å². The van der Waals surface area contributed by atoms with Gasteiger partial charge in [-0.1, -0.05) is 40.0 Å². The quantitative estimate of drug-likeness (QED) is 0.145. The van der Waals surface area contributed by atoms with E-state index >= 15 is 0 Å². The van der Waals surface area contributed by atoms with Gasteiger partial charge in [-0.25, -0.2) is 0 Å². The molecule has 12 heterocycles. The molecule has 18 heteroatoms. The summed E-state index contributed by atoms with van der Waals surface area (Å²) >= 11 is 2.06. The van der Waals surface area contributed by atoms with Gasteiger partial charge in [0, 0.05) is 116 Å². The molecule has 0 amide bonds. The van der Waals surface area contributed by atoms with Crippen LogP contribution in [-0.2, 0) is 9.47 Å². The normalized spacial score (nSPS) is 27.8. The van der Waals surface area contributed by atoms with Crippen LogP contribution in [0, 0.1) is 17.8 Å². The maximum absolute atomic E-state index is 5.22. The van der Waals surface area contributed by atoms with Crippen molar-refractivity contribution in [2.24, 2.45) is 17.8 Å². The average Bonchev–Trinajstić information content (AvgIpc) is 3.95. The van der Waals surface area contributed by atoms with Crippen molar-refractivity contribution in [3.05, 3.63) is 0 Å². The number of nitrogens with zero attached hydrogens (tertiary/aromatic N) is 7. The number of rotatable bonds is 0. The summed E-state index contributed by atoms with van der Waals surface area (Å²) < 4.78 is 10.3. The zero-order valence-electron chi connectivity index (χ0n) is 58.6. The number of likely N-dealkylation sites (N-methyl/N-ethyl adjacent to an activating group) is 3. The molecule has 4 atom stereocenters. The van der Waals surface area contributed by atoms with E-state index in [1.807, 2.05) is 0 Å². The Balaban J connectivity index is 0.000000464. The van der Waals surface area contributed by atoms with Crippen LogP contribution in [0.3, 0.4) is 0 Å². The second-order valence-electron chi connectivity index (χ2n) is 26.6. The van der Waals surface area contributed by atoms with Crippen LogP contribution in [0.1, 0.15) is 137 Å². The number of piperidine rings is 2. The Labute approximate surface area is 533 Å². The minimum Gasteiger partial charge on any atom is -0.379 e. The van der Waals surface area contributed by atoms with Gasteiger partial charge in [0.05, 0.1) is 25.9 Å². The van der Waals surface area contributed by atoms with Crippen LogP contribution >= 0.6 is 11.8 Å². The van der Waals surface area contributed by atoms with E-state index in [1.165, 1.54) is 239 Å². The van der Waals surface area contributed by atoms with E-state index in [2.05, 4.69) is 173 Å².